The molecule has 39 heavy (non-hydrogen) atoms. The SMILES string of the molecule is COc1cc2nc(N3CCNCC3C(C)=O)nc(NC(=O)C3CSCN3C(=O)CCSC(C)=O)c2cc1OC. The molecule has 0 aliphatic carbocycles. The number of ether oxygens (including phenoxy) is 2. The lowest BCUT2D eigenvalue weighted by atomic mass is 10.1. The Hall–Kier alpha value is -3.10. The minimum atomic E-state index is -0.692. The third-order valence-corrected chi connectivity index (χ3v) is 8.35. The van der Waals surface area contributed by atoms with E-state index in [1.807, 2.05) is 4.90 Å². The number of carbonyl (C=O) groups excluding carboxylic acids is 4. The maximum Gasteiger partial charge on any atom is 0.249 e. The fourth-order valence-electron chi connectivity index (χ4n) is 4.51. The van der Waals surface area contributed by atoms with Crippen molar-refractivity contribution in [1.82, 2.24) is 20.2 Å². The van der Waals surface area contributed by atoms with Gasteiger partial charge in [-0.25, -0.2) is 4.98 Å². The first-order valence-electron chi connectivity index (χ1n) is 12.5. The van der Waals surface area contributed by atoms with Crippen molar-refractivity contribution in [2.75, 3.05) is 61.5 Å². The minimum Gasteiger partial charge on any atom is -0.493 e. The van der Waals surface area contributed by atoms with Crippen molar-refractivity contribution in [3.05, 3.63) is 12.1 Å². The second kappa shape index (κ2) is 12.8. The summed E-state index contributed by atoms with van der Waals surface area (Å²) in [4.78, 5) is 62.7. The first-order valence-corrected chi connectivity index (χ1v) is 14.6. The number of anilines is 2. The van der Waals surface area contributed by atoms with Crippen molar-refractivity contribution >= 4 is 68.9 Å². The van der Waals surface area contributed by atoms with Crippen molar-refractivity contribution in [2.45, 2.75) is 32.4 Å². The van der Waals surface area contributed by atoms with E-state index in [4.69, 9.17) is 19.4 Å². The van der Waals surface area contributed by atoms with Crippen LogP contribution in [0.4, 0.5) is 11.8 Å². The minimum absolute atomic E-state index is 0.0242. The third-order valence-electron chi connectivity index (χ3n) is 6.53. The van der Waals surface area contributed by atoms with Crippen LogP contribution in [0.2, 0.25) is 0 Å². The third kappa shape index (κ3) is 6.56. The quantitative estimate of drug-likeness (QED) is 0.447. The molecule has 0 radical (unpaired) electrons. The van der Waals surface area contributed by atoms with E-state index in [0.29, 0.717) is 65.4 Å². The number of piperazine rings is 1. The van der Waals surface area contributed by atoms with Gasteiger partial charge >= 0.3 is 0 Å². The zero-order chi connectivity index (χ0) is 28.1. The molecule has 2 atom stereocenters. The summed E-state index contributed by atoms with van der Waals surface area (Å²) in [7, 11) is 3.04. The van der Waals surface area contributed by atoms with Crippen LogP contribution in [-0.2, 0) is 19.2 Å². The van der Waals surface area contributed by atoms with Gasteiger partial charge in [0.2, 0.25) is 17.8 Å². The number of methoxy groups -OCH3 is 2. The molecule has 0 bridgehead atoms. The number of hydrogen-bond acceptors (Lipinski definition) is 12. The molecule has 2 amide bonds. The molecule has 210 valence electrons. The number of hydrogen-bond donors (Lipinski definition) is 2. The lowest BCUT2D eigenvalue weighted by molar-refractivity contribution is -0.135. The largest absolute Gasteiger partial charge is 0.493 e. The highest BCUT2D eigenvalue weighted by molar-refractivity contribution is 8.13. The Bertz CT molecular complexity index is 1280. The van der Waals surface area contributed by atoms with E-state index in [9.17, 15) is 19.2 Å². The molecular weight excluding hydrogens is 544 g/mol. The molecule has 3 heterocycles. The molecule has 0 spiro atoms. The summed E-state index contributed by atoms with van der Waals surface area (Å²) in [6, 6.07) is 2.25. The Labute approximate surface area is 234 Å². The van der Waals surface area contributed by atoms with E-state index in [0.717, 1.165) is 11.8 Å². The van der Waals surface area contributed by atoms with Crippen LogP contribution in [0.1, 0.15) is 20.3 Å². The molecule has 2 unspecified atom stereocenters. The van der Waals surface area contributed by atoms with E-state index in [-0.39, 0.29) is 35.0 Å². The maximum atomic E-state index is 13.5. The van der Waals surface area contributed by atoms with Crippen molar-refractivity contribution in [2.24, 2.45) is 0 Å². The van der Waals surface area contributed by atoms with Gasteiger partial charge in [-0.2, -0.15) is 4.98 Å². The molecule has 14 heteroatoms. The van der Waals surface area contributed by atoms with Gasteiger partial charge in [0.15, 0.2) is 22.4 Å². The number of fused-ring (bicyclic) bond motifs is 1. The van der Waals surface area contributed by atoms with Crippen molar-refractivity contribution in [1.29, 1.82) is 0 Å². The highest BCUT2D eigenvalue weighted by Crippen LogP contribution is 2.36. The molecule has 2 aliphatic rings. The van der Waals surface area contributed by atoms with Gasteiger partial charge in [-0.1, -0.05) is 11.8 Å². The molecule has 2 aliphatic heterocycles. The number of nitrogens with one attached hydrogen (secondary N) is 2. The Balaban J connectivity index is 1.68. The monoisotopic (exact) mass is 576 g/mol. The van der Waals surface area contributed by atoms with Gasteiger partial charge in [0.05, 0.1) is 25.6 Å². The summed E-state index contributed by atoms with van der Waals surface area (Å²) in [5, 5.41) is 6.62. The second-order valence-electron chi connectivity index (χ2n) is 9.08. The number of carbonyl (C=O) groups is 4. The molecule has 2 saturated heterocycles. The Morgan fingerprint density at radius 2 is 1.87 bits per heavy atom. The average molecular weight is 577 g/mol. The molecule has 1 aromatic heterocycles. The topological polar surface area (TPSA) is 143 Å². The lowest BCUT2D eigenvalue weighted by Gasteiger charge is -2.35. The van der Waals surface area contributed by atoms with Gasteiger partial charge in [0.25, 0.3) is 0 Å². The molecule has 2 aromatic rings. The first-order chi connectivity index (χ1) is 18.7. The van der Waals surface area contributed by atoms with Gasteiger partial charge in [-0.15, -0.1) is 11.8 Å². The summed E-state index contributed by atoms with van der Waals surface area (Å²) in [5.74, 6) is 2.07. The van der Waals surface area contributed by atoms with Crippen molar-refractivity contribution < 1.29 is 28.7 Å². The van der Waals surface area contributed by atoms with E-state index in [1.54, 1.807) is 12.1 Å². The lowest BCUT2D eigenvalue weighted by Crippen LogP contribution is -2.55. The molecule has 0 saturated carbocycles. The molecule has 4 rings (SSSR count). The Morgan fingerprint density at radius 3 is 2.56 bits per heavy atom. The summed E-state index contributed by atoms with van der Waals surface area (Å²) >= 11 is 2.58. The predicted molar refractivity (Wildman–Crippen MR) is 152 cm³/mol. The summed E-state index contributed by atoms with van der Waals surface area (Å²) < 4.78 is 10.9. The molecule has 12 nitrogen and oxygen atoms in total. The summed E-state index contributed by atoms with van der Waals surface area (Å²) in [6.45, 7) is 4.61. The number of nitrogens with zero attached hydrogens (tertiary/aromatic N) is 4. The van der Waals surface area contributed by atoms with E-state index in [1.165, 1.54) is 44.7 Å². The number of benzene rings is 1. The van der Waals surface area contributed by atoms with Crippen LogP contribution < -0.4 is 25.0 Å². The predicted octanol–water partition coefficient (Wildman–Crippen LogP) is 1.52. The average Bonchev–Trinajstić information content (AvgIpc) is 3.42. The van der Waals surface area contributed by atoms with E-state index in [2.05, 4.69) is 10.6 Å². The van der Waals surface area contributed by atoms with E-state index < -0.39 is 12.1 Å². The number of amides is 2. The van der Waals surface area contributed by atoms with Gasteiger partial charge in [-0.05, 0) is 13.0 Å². The van der Waals surface area contributed by atoms with Crippen LogP contribution in [0.3, 0.4) is 0 Å². The zero-order valence-electron chi connectivity index (χ0n) is 22.3. The number of ketones is 1. The molecular formula is C25H32N6O6S2. The number of thioether (sulfide) groups is 2. The Kier molecular flexibility index (Phi) is 9.51. The Morgan fingerprint density at radius 1 is 1.13 bits per heavy atom. The van der Waals surface area contributed by atoms with Crippen LogP contribution in [0.25, 0.3) is 10.9 Å². The van der Waals surface area contributed by atoms with Crippen LogP contribution >= 0.6 is 23.5 Å². The normalized spacial score (nSPS) is 19.2. The van der Waals surface area contributed by atoms with Crippen LogP contribution in [0, 0.1) is 0 Å². The smallest absolute Gasteiger partial charge is 0.249 e. The van der Waals surface area contributed by atoms with Gasteiger partial charge < -0.3 is 29.9 Å². The highest BCUT2D eigenvalue weighted by Gasteiger charge is 2.35. The molecule has 2 fully saturated rings. The van der Waals surface area contributed by atoms with Gasteiger partial charge in [-0.3, -0.25) is 19.2 Å². The number of Topliss-reactive ketones (excluding diaryl/α,β-unsaturated/α-hetero) is 1. The zero-order valence-corrected chi connectivity index (χ0v) is 23.9. The van der Waals surface area contributed by atoms with Gasteiger partial charge in [0.1, 0.15) is 17.9 Å². The first kappa shape index (κ1) is 28.9. The van der Waals surface area contributed by atoms with E-state index >= 15 is 0 Å². The van der Waals surface area contributed by atoms with Crippen LogP contribution in [0.15, 0.2) is 12.1 Å². The standard InChI is InChI=1S/C25H32N6O6S2/c1-14(32)18-11-26-6-7-30(18)25-27-17-10-21(37-4)20(36-3)9-16(17)23(29-25)28-24(35)19-12-38-13-31(19)22(34)5-8-39-15(2)33/h9-10,18-19,26H,5-8,11-13H2,1-4H3,(H,27,28,29,35). The fourth-order valence-corrected chi connectivity index (χ4v) is 6.25. The van der Waals surface area contributed by atoms with Crippen molar-refractivity contribution in [3.63, 3.8) is 0 Å². The van der Waals surface area contributed by atoms with Crippen molar-refractivity contribution in [3.8, 4) is 11.5 Å². The fraction of sp³-hybridized carbons (Fsp3) is 0.520. The second-order valence-corrected chi connectivity index (χ2v) is 11.4. The highest BCUT2D eigenvalue weighted by atomic mass is 32.2. The van der Waals surface area contributed by atoms with Gasteiger partial charge in [0, 0.05) is 55.9 Å². The number of aromatic nitrogens is 2. The van der Waals surface area contributed by atoms with Crippen LogP contribution in [0.5, 0.6) is 11.5 Å². The number of rotatable bonds is 9. The maximum absolute atomic E-state index is 13.5. The van der Waals surface area contributed by atoms with Crippen LogP contribution in [-0.4, -0.2) is 101 Å². The summed E-state index contributed by atoms with van der Waals surface area (Å²) in [5.41, 5.74) is 0.503. The molecule has 2 N–H and O–H groups in total. The summed E-state index contributed by atoms with van der Waals surface area (Å²) in [6.07, 6.45) is 0.168. The molecule has 1 aromatic carbocycles.